The average Bonchev–Trinajstić information content (AvgIpc) is 3.19. The van der Waals surface area contributed by atoms with Crippen LogP contribution in [0.25, 0.3) is 0 Å². The molecule has 0 bridgehead atoms. The van der Waals surface area contributed by atoms with Gasteiger partial charge in [-0.2, -0.15) is 13.2 Å². The van der Waals surface area contributed by atoms with E-state index in [2.05, 4.69) is 9.97 Å². The van der Waals surface area contributed by atoms with Crippen molar-refractivity contribution in [1.29, 1.82) is 0 Å². The molecular weight excluding hydrogens is 477 g/mol. The number of piperazine rings is 1. The Hall–Kier alpha value is -2.96. The van der Waals surface area contributed by atoms with Gasteiger partial charge >= 0.3 is 6.18 Å². The number of hydrogen-bond acceptors (Lipinski definition) is 7. The molecule has 0 spiro atoms. The predicted octanol–water partition coefficient (Wildman–Crippen LogP) is 1.26. The number of amides is 2. The van der Waals surface area contributed by atoms with E-state index in [1.807, 2.05) is 4.90 Å². The number of rotatable bonds is 4. The Morgan fingerprint density at radius 3 is 2.32 bits per heavy atom. The van der Waals surface area contributed by atoms with Crippen molar-refractivity contribution in [3.63, 3.8) is 0 Å². The third-order valence-corrected chi connectivity index (χ3v) is 6.27. The number of β-amino-alcohol motifs (C(OH)–C–C–N with tert-alkyl or cyclic N) is 1. The Morgan fingerprint density at radius 2 is 1.74 bits per heavy atom. The molecule has 1 aromatic carbocycles. The number of halogens is 4. The molecule has 3 heterocycles. The molecule has 3 N–H and O–H groups in total. The average molecular weight is 499 g/mol. The highest BCUT2D eigenvalue weighted by Crippen LogP contribution is 2.32. The molecule has 9 nitrogen and oxygen atoms in total. The van der Waals surface area contributed by atoms with Crippen molar-refractivity contribution in [3.8, 4) is 0 Å². The van der Waals surface area contributed by atoms with Crippen LogP contribution in [0.5, 0.6) is 0 Å². The molecule has 2 amide bonds. The summed E-state index contributed by atoms with van der Waals surface area (Å²) < 4.78 is 40.1. The second-order valence-electron chi connectivity index (χ2n) is 8.17. The normalized spacial score (nSPS) is 21.7. The van der Waals surface area contributed by atoms with E-state index in [0.717, 1.165) is 6.20 Å². The van der Waals surface area contributed by atoms with E-state index in [0.29, 0.717) is 36.8 Å². The van der Waals surface area contributed by atoms with Crippen LogP contribution < -0.4 is 10.6 Å². The number of nitrogens with two attached hydrogens (primary N) is 1. The highest BCUT2D eigenvalue weighted by Gasteiger charge is 2.41. The van der Waals surface area contributed by atoms with Crippen LogP contribution in [-0.4, -0.2) is 88.1 Å². The number of aromatic nitrogens is 2. The molecule has 0 unspecified atom stereocenters. The standard InChI is InChI=1S/C21H22ClF3N6O3/c22-13-3-1-12(2-4-13)19(34)30-7-5-29(6-8-30)15-10-31(11-16(15)32)20-27-9-14(18(26)33)17(28-20)21(23,24)25/h1-4,9,15-16,32H,5-8,10-11H2,(H2,26,33)/t15-,16-/m1/s1. The minimum atomic E-state index is -4.88. The summed E-state index contributed by atoms with van der Waals surface area (Å²) in [4.78, 5) is 36.6. The fourth-order valence-corrected chi connectivity index (χ4v) is 4.37. The summed E-state index contributed by atoms with van der Waals surface area (Å²) in [6, 6.07) is 6.25. The lowest BCUT2D eigenvalue weighted by Crippen LogP contribution is -2.54. The largest absolute Gasteiger partial charge is 0.434 e. The van der Waals surface area contributed by atoms with Crippen molar-refractivity contribution in [2.24, 2.45) is 5.73 Å². The molecule has 2 aliphatic heterocycles. The van der Waals surface area contributed by atoms with Gasteiger partial charge in [0.1, 0.15) is 0 Å². The lowest BCUT2D eigenvalue weighted by Gasteiger charge is -2.38. The van der Waals surface area contributed by atoms with Gasteiger partial charge in [-0.15, -0.1) is 0 Å². The lowest BCUT2D eigenvalue weighted by atomic mass is 10.1. The number of aliphatic hydroxyl groups excluding tert-OH is 1. The fourth-order valence-electron chi connectivity index (χ4n) is 4.24. The highest BCUT2D eigenvalue weighted by molar-refractivity contribution is 6.30. The predicted molar refractivity (Wildman–Crippen MR) is 116 cm³/mol. The number of hydrogen-bond donors (Lipinski definition) is 2. The topological polar surface area (TPSA) is 116 Å². The Bertz CT molecular complexity index is 1080. The molecule has 2 saturated heterocycles. The zero-order valence-electron chi connectivity index (χ0n) is 17.9. The van der Waals surface area contributed by atoms with Crippen molar-refractivity contribution in [2.45, 2.75) is 18.3 Å². The number of aliphatic hydroxyl groups is 1. The molecule has 13 heteroatoms. The number of alkyl halides is 3. The molecule has 4 rings (SSSR count). The van der Waals surface area contributed by atoms with E-state index < -0.39 is 29.4 Å². The van der Waals surface area contributed by atoms with Gasteiger partial charge in [0.15, 0.2) is 5.69 Å². The van der Waals surface area contributed by atoms with Gasteiger partial charge < -0.3 is 20.6 Å². The third kappa shape index (κ3) is 4.93. The first-order chi connectivity index (χ1) is 16.0. The number of primary amides is 1. The maximum atomic E-state index is 13.4. The van der Waals surface area contributed by atoms with Crippen LogP contribution in [0.4, 0.5) is 19.1 Å². The Balaban J connectivity index is 1.42. The van der Waals surface area contributed by atoms with Gasteiger partial charge in [0.2, 0.25) is 5.95 Å². The smallest absolute Gasteiger partial charge is 0.390 e. The van der Waals surface area contributed by atoms with Crippen LogP contribution in [0, 0.1) is 0 Å². The van der Waals surface area contributed by atoms with Crippen LogP contribution in [0.3, 0.4) is 0 Å². The summed E-state index contributed by atoms with van der Waals surface area (Å²) >= 11 is 5.87. The first-order valence-electron chi connectivity index (χ1n) is 10.5. The Labute approximate surface area is 197 Å². The van der Waals surface area contributed by atoms with Gasteiger partial charge in [0.25, 0.3) is 11.8 Å². The van der Waals surface area contributed by atoms with Crippen molar-refractivity contribution in [2.75, 3.05) is 44.2 Å². The molecule has 1 aromatic heterocycles. The van der Waals surface area contributed by atoms with Gasteiger partial charge in [-0.1, -0.05) is 11.6 Å². The zero-order chi connectivity index (χ0) is 24.6. The molecule has 34 heavy (non-hydrogen) atoms. The van der Waals surface area contributed by atoms with Crippen LogP contribution in [0.2, 0.25) is 5.02 Å². The van der Waals surface area contributed by atoms with Gasteiger partial charge in [0.05, 0.1) is 17.7 Å². The second-order valence-corrected chi connectivity index (χ2v) is 8.61. The summed E-state index contributed by atoms with van der Waals surface area (Å²) in [5.74, 6) is -1.63. The molecule has 182 valence electrons. The van der Waals surface area contributed by atoms with E-state index in [9.17, 15) is 27.9 Å². The van der Waals surface area contributed by atoms with Crippen molar-refractivity contribution in [1.82, 2.24) is 19.8 Å². The number of anilines is 1. The summed E-state index contributed by atoms with van der Waals surface area (Å²) in [6.07, 6.45) is -4.98. The van der Waals surface area contributed by atoms with Crippen LogP contribution in [0.15, 0.2) is 30.5 Å². The molecule has 0 saturated carbocycles. The first-order valence-corrected chi connectivity index (χ1v) is 10.9. The first kappa shape index (κ1) is 24.2. The highest BCUT2D eigenvalue weighted by atomic mass is 35.5. The maximum absolute atomic E-state index is 13.4. The van der Waals surface area contributed by atoms with Gasteiger partial charge in [-0.05, 0) is 24.3 Å². The molecule has 2 atom stereocenters. The molecule has 0 radical (unpaired) electrons. The quantitative estimate of drug-likeness (QED) is 0.652. The summed E-state index contributed by atoms with van der Waals surface area (Å²) in [5, 5.41) is 11.1. The second kappa shape index (κ2) is 9.35. The minimum absolute atomic E-state index is 0.0296. The molecule has 2 fully saturated rings. The number of carbonyl (C=O) groups excluding carboxylic acids is 2. The fraction of sp³-hybridized carbons (Fsp3) is 0.429. The van der Waals surface area contributed by atoms with Crippen LogP contribution >= 0.6 is 11.6 Å². The Kier molecular flexibility index (Phi) is 6.65. The molecular formula is C21H22ClF3N6O3. The van der Waals surface area contributed by atoms with E-state index in [4.69, 9.17) is 17.3 Å². The van der Waals surface area contributed by atoms with Gasteiger partial charge in [-0.3, -0.25) is 14.5 Å². The SMILES string of the molecule is NC(=O)c1cnc(N2C[C@@H](O)[C@H](N3CCN(C(=O)c4ccc(Cl)cc4)CC3)C2)nc1C(F)(F)F. The van der Waals surface area contributed by atoms with E-state index in [1.54, 1.807) is 29.2 Å². The van der Waals surface area contributed by atoms with Gasteiger partial charge in [0, 0.05) is 56.1 Å². The Morgan fingerprint density at radius 1 is 1.09 bits per heavy atom. The van der Waals surface area contributed by atoms with Crippen molar-refractivity contribution in [3.05, 3.63) is 52.3 Å². The summed E-state index contributed by atoms with van der Waals surface area (Å²) in [6.45, 7) is 2.08. The van der Waals surface area contributed by atoms with Crippen molar-refractivity contribution < 1.29 is 27.9 Å². The summed E-state index contributed by atoms with van der Waals surface area (Å²) in [7, 11) is 0. The van der Waals surface area contributed by atoms with E-state index in [-0.39, 0.29) is 31.0 Å². The summed E-state index contributed by atoms with van der Waals surface area (Å²) in [5.41, 5.74) is 3.33. The lowest BCUT2D eigenvalue weighted by molar-refractivity contribution is -0.141. The number of carbonyl (C=O) groups is 2. The van der Waals surface area contributed by atoms with E-state index in [1.165, 1.54) is 4.90 Å². The molecule has 2 aliphatic rings. The number of benzene rings is 1. The monoisotopic (exact) mass is 498 g/mol. The van der Waals surface area contributed by atoms with Gasteiger partial charge in [-0.25, -0.2) is 9.97 Å². The molecule has 2 aromatic rings. The number of nitrogens with zero attached hydrogens (tertiary/aromatic N) is 5. The van der Waals surface area contributed by atoms with Crippen molar-refractivity contribution >= 4 is 29.4 Å². The molecule has 0 aliphatic carbocycles. The maximum Gasteiger partial charge on any atom is 0.434 e. The van der Waals surface area contributed by atoms with Crippen LogP contribution in [-0.2, 0) is 6.18 Å². The zero-order valence-corrected chi connectivity index (χ0v) is 18.6. The minimum Gasteiger partial charge on any atom is -0.390 e. The van der Waals surface area contributed by atoms with Crippen LogP contribution in [0.1, 0.15) is 26.4 Å². The van der Waals surface area contributed by atoms with E-state index >= 15 is 0 Å². The third-order valence-electron chi connectivity index (χ3n) is 6.01.